The normalized spacial score (nSPS) is 14.1. The van der Waals surface area contributed by atoms with Gasteiger partial charge in [0.05, 0.1) is 21.8 Å². The van der Waals surface area contributed by atoms with Crippen molar-refractivity contribution in [2.24, 2.45) is 0 Å². The number of amides is 2. The van der Waals surface area contributed by atoms with Crippen LogP contribution in [0.4, 0.5) is 11.4 Å². The zero-order valence-corrected chi connectivity index (χ0v) is 22.3. The molecule has 1 fully saturated rings. The van der Waals surface area contributed by atoms with E-state index in [1.165, 1.54) is 36.8 Å². The van der Waals surface area contributed by atoms with Gasteiger partial charge in [-0.3, -0.25) is 13.9 Å². The summed E-state index contributed by atoms with van der Waals surface area (Å²) in [6.45, 7) is -0.538. The van der Waals surface area contributed by atoms with Crippen LogP contribution >= 0.6 is 23.2 Å². The van der Waals surface area contributed by atoms with E-state index in [1.807, 2.05) is 0 Å². The third-order valence-electron chi connectivity index (χ3n) is 6.17. The fourth-order valence-corrected chi connectivity index (χ4v) is 6.02. The van der Waals surface area contributed by atoms with Gasteiger partial charge in [0.1, 0.15) is 6.54 Å². The lowest BCUT2D eigenvalue weighted by Gasteiger charge is -2.25. The zero-order valence-electron chi connectivity index (χ0n) is 20.0. The highest BCUT2D eigenvalue weighted by atomic mass is 35.5. The molecular formula is C27H27Cl2N3O4S. The van der Waals surface area contributed by atoms with Gasteiger partial charge >= 0.3 is 0 Å². The molecule has 0 spiro atoms. The maximum absolute atomic E-state index is 13.5. The molecule has 0 bridgehead atoms. The highest BCUT2D eigenvalue weighted by molar-refractivity contribution is 7.92. The van der Waals surface area contributed by atoms with Crippen molar-refractivity contribution in [2.75, 3.05) is 16.2 Å². The van der Waals surface area contributed by atoms with E-state index < -0.39 is 22.5 Å². The number of hydrogen-bond acceptors (Lipinski definition) is 4. The number of para-hydroxylation sites is 1. The first-order chi connectivity index (χ1) is 17.7. The maximum Gasteiger partial charge on any atom is 0.264 e. The lowest BCUT2D eigenvalue weighted by Crippen LogP contribution is -2.39. The third-order valence-corrected chi connectivity index (χ3v) is 8.45. The fraction of sp³-hybridized carbons (Fsp3) is 0.259. The number of carbonyl (C=O) groups is 2. The number of rotatable bonds is 8. The summed E-state index contributed by atoms with van der Waals surface area (Å²) in [5.74, 6) is -0.890. The molecule has 0 aliphatic heterocycles. The van der Waals surface area contributed by atoms with Gasteiger partial charge in [-0.15, -0.1) is 0 Å². The summed E-state index contributed by atoms with van der Waals surface area (Å²) >= 11 is 12.1. The van der Waals surface area contributed by atoms with Crippen molar-refractivity contribution in [2.45, 2.75) is 43.0 Å². The predicted molar refractivity (Wildman–Crippen MR) is 147 cm³/mol. The predicted octanol–water partition coefficient (Wildman–Crippen LogP) is 5.89. The molecule has 37 heavy (non-hydrogen) atoms. The van der Waals surface area contributed by atoms with Crippen LogP contribution in [0.15, 0.2) is 77.7 Å². The molecule has 4 rings (SSSR count). The van der Waals surface area contributed by atoms with Gasteiger partial charge in [0.2, 0.25) is 5.91 Å². The Morgan fingerprint density at radius 2 is 1.57 bits per heavy atom. The van der Waals surface area contributed by atoms with Crippen LogP contribution in [0.5, 0.6) is 0 Å². The van der Waals surface area contributed by atoms with Gasteiger partial charge in [0.25, 0.3) is 15.9 Å². The van der Waals surface area contributed by atoms with E-state index >= 15 is 0 Å². The van der Waals surface area contributed by atoms with E-state index in [9.17, 15) is 18.0 Å². The molecule has 3 aromatic carbocycles. The van der Waals surface area contributed by atoms with Crippen LogP contribution < -0.4 is 14.9 Å². The van der Waals surface area contributed by atoms with Crippen molar-refractivity contribution < 1.29 is 18.0 Å². The summed E-state index contributed by atoms with van der Waals surface area (Å²) in [6, 6.07) is 18.7. The number of hydrogen-bond donors (Lipinski definition) is 2. The Labute approximate surface area is 226 Å². The number of benzene rings is 3. The number of nitrogens with zero attached hydrogens (tertiary/aromatic N) is 1. The van der Waals surface area contributed by atoms with E-state index in [0.29, 0.717) is 21.3 Å². The van der Waals surface area contributed by atoms with E-state index in [-0.39, 0.29) is 22.5 Å². The lowest BCUT2D eigenvalue weighted by atomic mass is 9.95. The minimum Gasteiger partial charge on any atom is -0.349 e. The quantitative estimate of drug-likeness (QED) is 0.359. The van der Waals surface area contributed by atoms with Crippen molar-refractivity contribution in [3.8, 4) is 0 Å². The van der Waals surface area contributed by atoms with Crippen LogP contribution in [0.3, 0.4) is 0 Å². The standard InChI is InChI=1S/C27H27Cl2N3O4S/c28-19-13-15-23(16-14-19)37(35,36)32(22-10-6-7-20(29)17-22)18-26(33)31-25-12-5-4-11-24(25)27(34)30-21-8-2-1-3-9-21/h4-7,10-17,21H,1-3,8-9,18H2,(H,30,34)(H,31,33). The topological polar surface area (TPSA) is 95.6 Å². The summed E-state index contributed by atoms with van der Waals surface area (Å²) in [7, 11) is -4.14. The Morgan fingerprint density at radius 1 is 0.865 bits per heavy atom. The highest BCUT2D eigenvalue weighted by Crippen LogP contribution is 2.27. The number of carbonyl (C=O) groups excluding carboxylic acids is 2. The second-order valence-corrected chi connectivity index (χ2v) is 11.6. The van der Waals surface area contributed by atoms with Gasteiger partial charge in [-0.05, 0) is 67.4 Å². The average Bonchev–Trinajstić information content (AvgIpc) is 2.88. The van der Waals surface area contributed by atoms with E-state index in [1.54, 1.807) is 42.5 Å². The van der Waals surface area contributed by atoms with E-state index in [0.717, 1.165) is 30.0 Å². The van der Waals surface area contributed by atoms with E-state index in [2.05, 4.69) is 10.6 Å². The Kier molecular flexibility index (Phi) is 8.74. The summed E-state index contributed by atoms with van der Waals surface area (Å²) in [5.41, 5.74) is 0.841. The largest absolute Gasteiger partial charge is 0.349 e. The van der Waals surface area contributed by atoms with Crippen LogP contribution in [-0.2, 0) is 14.8 Å². The first-order valence-electron chi connectivity index (χ1n) is 12.0. The molecule has 0 heterocycles. The molecule has 1 aliphatic rings. The summed E-state index contributed by atoms with van der Waals surface area (Å²) in [6.07, 6.45) is 5.17. The third kappa shape index (κ3) is 6.83. The Bertz CT molecular complexity index is 1370. The number of sulfonamides is 1. The van der Waals surface area contributed by atoms with E-state index in [4.69, 9.17) is 23.2 Å². The van der Waals surface area contributed by atoms with Crippen LogP contribution in [0, 0.1) is 0 Å². The van der Waals surface area contributed by atoms with Gasteiger partial charge in [-0.25, -0.2) is 8.42 Å². The van der Waals surface area contributed by atoms with Gasteiger partial charge < -0.3 is 10.6 Å². The molecule has 0 unspecified atom stereocenters. The zero-order chi connectivity index (χ0) is 26.4. The van der Waals surface area contributed by atoms with Crippen molar-refractivity contribution in [1.82, 2.24) is 5.32 Å². The molecule has 3 aromatic rings. The first kappa shape index (κ1) is 27.0. The highest BCUT2D eigenvalue weighted by Gasteiger charge is 2.28. The van der Waals surface area contributed by atoms with Gasteiger partial charge in [0, 0.05) is 16.1 Å². The smallest absolute Gasteiger partial charge is 0.264 e. The van der Waals surface area contributed by atoms with Crippen LogP contribution in [0.2, 0.25) is 10.0 Å². The van der Waals surface area contributed by atoms with Gasteiger partial charge in [0.15, 0.2) is 0 Å². The molecule has 194 valence electrons. The first-order valence-corrected chi connectivity index (χ1v) is 14.2. The average molecular weight is 561 g/mol. The second kappa shape index (κ2) is 12.0. The van der Waals surface area contributed by atoms with Crippen LogP contribution in [0.25, 0.3) is 0 Å². The Morgan fingerprint density at radius 3 is 2.27 bits per heavy atom. The Balaban J connectivity index is 1.57. The molecule has 2 N–H and O–H groups in total. The number of anilines is 2. The summed E-state index contributed by atoms with van der Waals surface area (Å²) in [4.78, 5) is 26.1. The summed E-state index contributed by atoms with van der Waals surface area (Å²) in [5, 5.41) is 6.47. The fourth-order valence-electron chi connectivity index (χ4n) is 4.30. The molecule has 7 nitrogen and oxygen atoms in total. The van der Waals surface area contributed by atoms with Crippen LogP contribution in [-0.4, -0.2) is 32.8 Å². The van der Waals surface area contributed by atoms with Crippen molar-refractivity contribution in [3.05, 3.63) is 88.4 Å². The van der Waals surface area contributed by atoms with Crippen molar-refractivity contribution >= 4 is 56.4 Å². The molecule has 1 aliphatic carbocycles. The monoisotopic (exact) mass is 559 g/mol. The minimum absolute atomic E-state index is 0.0306. The molecular weight excluding hydrogens is 533 g/mol. The Hall–Kier alpha value is -3.07. The van der Waals surface area contributed by atoms with Crippen molar-refractivity contribution in [1.29, 1.82) is 0 Å². The number of nitrogens with one attached hydrogen (secondary N) is 2. The molecule has 0 aromatic heterocycles. The molecule has 1 saturated carbocycles. The molecule has 0 atom stereocenters. The summed E-state index contributed by atoms with van der Waals surface area (Å²) < 4.78 is 28.0. The van der Waals surface area contributed by atoms with Crippen LogP contribution in [0.1, 0.15) is 42.5 Å². The minimum atomic E-state index is -4.14. The van der Waals surface area contributed by atoms with Gasteiger partial charge in [-0.2, -0.15) is 0 Å². The second-order valence-electron chi connectivity index (χ2n) is 8.85. The van der Waals surface area contributed by atoms with Gasteiger partial charge in [-0.1, -0.05) is 60.7 Å². The van der Waals surface area contributed by atoms with Crippen molar-refractivity contribution in [3.63, 3.8) is 0 Å². The SMILES string of the molecule is O=C(CN(c1cccc(Cl)c1)S(=O)(=O)c1ccc(Cl)cc1)Nc1ccccc1C(=O)NC1CCCCC1. The lowest BCUT2D eigenvalue weighted by molar-refractivity contribution is -0.114. The molecule has 0 radical (unpaired) electrons. The molecule has 2 amide bonds. The molecule has 10 heteroatoms. The maximum atomic E-state index is 13.5. The molecule has 0 saturated heterocycles. The number of halogens is 2.